The first kappa shape index (κ1) is 22.9. The van der Waals surface area contributed by atoms with E-state index in [2.05, 4.69) is 26.4 Å². The minimum Gasteiger partial charge on any atom is -0.323 e. The van der Waals surface area contributed by atoms with Gasteiger partial charge in [0.15, 0.2) is 5.82 Å². The summed E-state index contributed by atoms with van der Waals surface area (Å²) in [5.74, 6) is 1.76. The third-order valence-electron chi connectivity index (χ3n) is 7.76. The number of benzene rings is 1. The van der Waals surface area contributed by atoms with Crippen LogP contribution in [0.25, 0.3) is 16.9 Å². The molecule has 0 bridgehead atoms. The van der Waals surface area contributed by atoms with Crippen LogP contribution in [0.3, 0.4) is 0 Å². The van der Waals surface area contributed by atoms with Crippen LogP contribution in [0, 0.1) is 0 Å². The van der Waals surface area contributed by atoms with Gasteiger partial charge < -0.3 is 5.32 Å². The Bertz CT molecular complexity index is 1330. The fourth-order valence-corrected chi connectivity index (χ4v) is 5.84. The highest BCUT2D eigenvalue weighted by molar-refractivity contribution is 5.91. The molecule has 1 aromatic carbocycles. The van der Waals surface area contributed by atoms with Crippen LogP contribution < -0.4 is 5.32 Å². The van der Waals surface area contributed by atoms with E-state index in [1.165, 1.54) is 75.6 Å². The fourth-order valence-electron chi connectivity index (χ4n) is 5.84. The molecule has 36 heavy (non-hydrogen) atoms. The summed E-state index contributed by atoms with van der Waals surface area (Å²) < 4.78 is 3.69. The Morgan fingerprint density at radius 3 is 2.42 bits per heavy atom. The van der Waals surface area contributed by atoms with Gasteiger partial charge in [0.05, 0.1) is 23.1 Å². The second-order valence-electron chi connectivity index (χ2n) is 10.3. The summed E-state index contributed by atoms with van der Waals surface area (Å²) in [5, 5.41) is 16.3. The molecule has 0 atom stereocenters. The summed E-state index contributed by atoms with van der Waals surface area (Å²) in [7, 11) is 0. The smallest absolute Gasteiger partial charge is 0.246 e. The van der Waals surface area contributed by atoms with E-state index in [0.717, 1.165) is 16.9 Å². The van der Waals surface area contributed by atoms with Gasteiger partial charge in [-0.15, -0.1) is 5.10 Å². The average molecular weight is 484 g/mol. The van der Waals surface area contributed by atoms with Gasteiger partial charge in [-0.05, 0) is 56.0 Å². The van der Waals surface area contributed by atoms with Gasteiger partial charge in [0, 0.05) is 17.5 Å². The lowest BCUT2D eigenvalue weighted by Crippen LogP contribution is -2.19. The molecule has 3 heterocycles. The maximum Gasteiger partial charge on any atom is 0.246 e. The SMILES string of the molecule is O=C(Cn1nnc2ccccc21)Nc1ccc(-n2nc(C3CCCCC3)cc2C2CCCCC2)nc1. The van der Waals surface area contributed by atoms with Crippen molar-refractivity contribution in [3.05, 3.63) is 60.0 Å². The molecular weight excluding hydrogens is 450 g/mol. The van der Waals surface area contributed by atoms with E-state index in [0.29, 0.717) is 17.5 Å². The number of amides is 1. The van der Waals surface area contributed by atoms with Crippen molar-refractivity contribution in [2.75, 3.05) is 5.32 Å². The van der Waals surface area contributed by atoms with E-state index in [1.807, 2.05) is 36.4 Å². The molecule has 2 fully saturated rings. The van der Waals surface area contributed by atoms with Gasteiger partial charge in [0.1, 0.15) is 12.1 Å². The molecule has 8 nitrogen and oxygen atoms in total. The van der Waals surface area contributed by atoms with Crippen LogP contribution >= 0.6 is 0 Å². The van der Waals surface area contributed by atoms with Crippen molar-refractivity contribution in [1.82, 2.24) is 29.8 Å². The lowest BCUT2D eigenvalue weighted by atomic mass is 9.84. The molecule has 1 amide bonds. The number of carbonyl (C=O) groups is 1. The number of hydrogen-bond acceptors (Lipinski definition) is 5. The van der Waals surface area contributed by atoms with Gasteiger partial charge in [0.2, 0.25) is 5.91 Å². The topological polar surface area (TPSA) is 90.5 Å². The number of para-hydroxylation sites is 1. The summed E-state index contributed by atoms with van der Waals surface area (Å²) in [6, 6.07) is 13.9. The molecule has 186 valence electrons. The Hall–Kier alpha value is -3.55. The average Bonchev–Trinajstić information content (AvgIpc) is 3.55. The van der Waals surface area contributed by atoms with Crippen LogP contribution in [0.15, 0.2) is 48.7 Å². The third kappa shape index (κ3) is 4.76. The molecule has 6 rings (SSSR count). The van der Waals surface area contributed by atoms with Crippen LogP contribution in [0.4, 0.5) is 5.69 Å². The summed E-state index contributed by atoms with van der Waals surface area (Å²) in [5.41, 5.74) is 4.81. The van der Waals surface area contributed by atoms with Gasteiger partial charge in [-0.25, -0.2) is 14.3 Å². The molecule has 2 saturated carbocycles. The number of rotatable bonds is 6. The first-order valence-electron chi connectivity index (χ1n) is 13.4. The van der Waals surface area contributed by atoms with Crippen LogP contribution in [0.2, 0.25) is 0 Å². The Morgan fingerprint density at radius 2 is 1.67 bits per heavy atom. The van der Waals surface area contributed by atoms with Crippen molar-refractivity contribution in [1.29, 1.82) is 0 Å². The number of fused-ring (bicyclic) bond motifs is 1. The van der Waals surface area contributed by atoms with Crippen LogP contribution in [-0.4, -0.2) is 35.7 Å². The maximum atomic E-state index is 12.7. The quantitative estimate of drug-likeness (QED) is 0.377. The number of hydrogen-bond donors (Lipinski definition) is 1. The molecular formula is C28H33N7O. The summed E-state index contributed by atoms with van der Waals surface area (Å²) in [4.78, 5) is 17.4. The Kier molecular flexibility index (Phi) is 6.49. The number of anilines is 1. The predicted molar refractivity (Wildman–Crippen MR) is 139 cm³/mol. The highest BCUT2D eigenvalue weighted by Gasteiger charge is 2.26. The minimum atomic E-state index is -0.165. The number of aromatic nitrogens is 6. The molecule has 3 aromatic heterocycles. The molecule has 2 aliphatic rings. The molecule has 0 spiro atoms. The highest BCUT2D eigenvalue weighted by atomic mass is 16.2. The van der Waals surface area contributed by atoms with Gasteiger partial charge in [-0.3, -0.25) is 4.79 Å². The zero-order chi connectivity index (χ0) is 24.3. The van der Waals surface area contributed by atoms with E-state index in [-0.39, 0.29) is 12.5 Å². The minimum absolute atomic E-state index is 0.0952. The summed E-state index contributed by atoms with van der Waals surface area (Å²) in [6.07, 6.45) is 14.5. The number of nitrogens with zero attached hydrogens (tertiary/aromatic N) is 6. The van der Waals surface area contributed by atoms with Crippen molar-refractivity contribution in [3.63, 3.8) is 0 Å². The van der Waals surface area contributed by atoms with Crippen LogP contribution in [0.1, 0.15) is 87.4 Å². The van der Waals surface area contributed by atoms with Gasteiger partial charge >= 0.3 is 0 Å². The van der Waals surface area contributed by atoms with Crippen molar-refractivity contribution in [3.8, 4) is 5.82 Å². The third-order valence-corrected chi connectivity index (χ3v) is 7.76. The lowest BCUT2D eigenvalue weighted by Gasteiger charge is -2.22. The molecule has 0 saturated heterocycles. The van der Waals surface area contributed by atoms with E-state index in [1.54, 1.807) is 10.9 Å². The molecule has 1 N–H and O–H groups in total. The van der Waals surface area contributed by atoms with E-state index in [4.69, 9.17) is 10.1 Å². The monoisotopic (exact) mass is 483 g/mol. The highest BCUT2D eigenvalue weighted by Crippen LogP contribution is 2.38. The van der Waals surface area contributed by atoms with Gasteiger partial charge in [-0.1, -0.05) is 55.9 Å². The first-order chi connectivity index (χ1) is 17.7. The fraction of sp³-hybridized carbons (Fsp3) is 0.464. The molecule has 8 heteroatoms. The number of carbonyl (C=O) groups excluding carboxylic acids is 1. The van der Waals surface area contributed by atoms with E-state index in [9.17, 15) is 4.79 Å². The van der Waals surface area contributed by atoms with Crippen LogP contribution in [0.5, 0.6) is 0 Å². The van der Waals surface area contributed by atoms with Gasteiger partial charge in [-0.2, -0.15) is 5.10 Å². The molecule has 0 radical (unpaired) electrons. The number of nitrogens with one attached hydrogen (secondary N) is 1. The Morgan fingerprint density at radius 1 is 0.917 bits per heavy atom. The van der Waals surface area contributed by atoms with Crippen molar-refractivity contribution in [2.45, 2.75) is 82.6 Å². The zero-order valence-electron chi connectivity index (χ0n) is 20.6. The standard InChI is InChI=1S/C28H33N7O/c36-28(19-34-25-14-8-7-13-23(25)31-33-34)30-22-15-16-27(29-18-22)35-26(21-11-5-2-6-12-21)17-24(32-35)20-9-3-1-4-10-20/h7-8,13-18,20-21H,1-6,9-12,19H2,(H,30,36). The summed E-state index contributed by atoms with van der Waals surface area (Å²) in [6.45, 7) is 0.0952. The normalized spacial score (nSPS) is 17.4. The zero-order valence-corrected chi connectivity index (χ0v) is 20.6. The van der Waals surface area contributed by atoms with Crippen molar-refractivity contribution >= 4 is 22.6 Å². The van der Waals surface area contributed by atoms with Crippen molar-refractivity contribution in [2.24, 2.45) is 0 Å². The largest absolute Gasteiger partial charge is 0.323 e. The molecule has 2 aliphatic carbocycles. The van der Waals surface area contributed by atoms with E-state index < -0.39 is 0 Å². The molecule has 0 aliphatic heterocycles. The van der Waals surface area contributed by atoms with E-state index >= 15 is 0 Å². The number of pyridine rings is 1. The second kappa shape index (κ2) is 10.2. The molecule has 0 unspecified atom stereocenters. The molecule has 4 aromatic rings. The maximum absolute atomic E-state index is 12.7. The lowest BCUT2D eigenvalue weighted by molar-refractivity contribution is -0.116. The summed E-state index contributed by atoms with van der Waals surface area (Å²) >= 11 is 0. The first-order valence-corrected chi connectivity index (χ1v) is 13.4. The Balaban J connectivity index is 1.20. The Labute approximate surface area is 211 Å². The predicted octanol–water partition coefficient (Wildman–Crippen LogP) is 5.75. The second-order valence-corrected chi connectivity index (χ2v) is 10.3. The van der Waals surface area contributed by atoms with Gasteiger partial charge in [0.25, 0.3) is 0 Å². The van der Waals surface area contributed by atoms with Crippen molar-refractivity contribution < 1.29 is 4.79 Å². The van der Waals surface area contributed by atoms with Crippen LogP contribution in [-0.2, 0) is 11.3 Å².